The summed E-state index contributed by atoms with van der Waals surface area (Å²) in [6.45, 7) is 2.17. The van der Waals surface area contributed by atoms with Crippen molar-refractivity contribution in [3.63, 3.8) is 0 Å². The van der Waals surface area contributed by atoms with Gasteiger partial charge < -0.3 is 13.7 Å². The van der Waals surface area contributed by atoms with Crippen LogP contribution in [0.1, 0.15) is 66.7 Å². The Morgan fingerprint density at radius 1 is 0.765 bits per heavy atom. The first-order chi connectivity index (χ1) is 14.6. The molecule has 0 saturated heterocycles. The summed E-state index contributed by atoms with van der Waals surface area (Å²) in [6, 6.07) is 10.6. The molecule has 0 amide bonds. The number of hydrogen-bond donors (Lipinski definition) is 3. The van der Waals surface area contributed by atoms with Crippen LogP contribution < -0.4 is 70.0 Å². The molecule has 184 valence electrons. The number of hydrogen-bond acceptors (Lipinski definition) is 6. The molecule has 12 heteroatoms. The van der Waals surface area contributed by atoms with Crippen LogP contribution in [-0.4, -0.2) is 25.9 Å². The predicted octanol–water partition coefficient (Wildman–Crippen LogP) is 0.0505. The molecule has 0 radical (unpaired) electrons. The molecular formula is C22H35NNa2O7S2. The van der Waals surface area contributed by atoms with Crippen LogP contribution in [0.15, 0.2) is 52.3 Å². The molecule has 0 spiro atoms. The van der Waals surface area contributed by atoms with Gasteiger partial charge in [0.05, 0.1) is 0 Å². The maximum Gasteiger partial charge on any atom is 1.00 e. The van der Waals surface area contributed by atoms with Crippen molar-refractivity contribution in [2.75, 3.05) is 0 Å². The van der Waals surface area contributed by atoms with Gasteiger partial charge in [-0.25, -0.2) is 0 Å². The van der Waals surface area contributed by atoms with Gasteiger partial charge >= 0.3 is 59.1 Å². The molecular weight excluding hydrogens is 500 g/mol. The quantitative estimate of drug-likeness (QED) is 0.185. The van der Waals surface area contributed by atoms with Gasteiger partial charge in [0.25, 0.3) is 20.2 Å². The molecule has 0 atom stereocenters. The number of para-hydroxylation sites is 1. The summed E-state index contributed by atoms with van der Waals surface area (Å²) in [5.74, 6) is -0.0103. The van der Waals surface area contributed by atoms with E-state index in [1.165, 1.54) is 31.7 Å². The second-order valence-electron chi connectivity index (χ2n) is 7.47. The molecule has 34 heavy (non-hydrogen) atoms. The Kier molecular flexibility index (Phi) is 18.6. The number of rotatable bonds is 13. The van der Waals surface area contributed by atoms with Gasteiger partial charge in [0.15, 0.2) is 10.6 Å². The van der Waals surface area contributed by atoms with E-state index in [1.807, 2.05) is 0 Å². The van der Waals surface area contributed by atoms with Gasteiger partial charge in [-0.3, -0.25) is 9.11 Å². The van der Waals surface area contributed by atoms with Crippen molar-refractivity contribution >= 4 is 20.2 Å². The van der Waals surface area contributed by atoms with Gasteiger partial charge in [0.2, 0.25) is 0 Å². The molecule has 2 aromatic carbocycles. The third-order valence-corrected chi connectivity index (χ3v) is 6.90. The molecule has 0 aliphatic carbocycles. The summed E-state index contributed by atoms with van der Waals surface area (Å²) in [6.07, 6.45) is 9.13. The smallest absolute Gasteiger partial charge is 1.00 e. The van der Waals surface area contributed by atoms with Gasteiger partial charge in [-0.05, 0) is 36.6 Å². The first-order valence-corrected chi connectivity index (χ1v) is 13.4. The minimum atomic E-state index is -5.00. The molecule has 2 aromatic rings. The van der Waals surface area contributed by atoms with E-state index in [1.54, 1.807) is 30.3 Å². The van der Waals surface area contributed by atoms with Crippen molar-refractivity contribution in [1.29, 1.82) is 0 Å². The fourth-order valence-corrected chi connectivity index (χ4v) is 5.33. The molecule has 0 aromatic heterocycles. The van der Waals surface area contributed by atoms with Crippen LogP contribution in [-0.2, 0) is 26.7 Å². The van der Waals surface area contributed by atoms with Gasteiger partial charge in [-0.15, -0.1) is 0 Å². The molecule has 0 aliphatic heterocycles. The van der Waals surface area contributed by atoms with E-state index in [0.29, 0.717) is 12.0 Å². The van der Waals surface area contributed by atoms with E-state index in [0.717, 1.165) is 31.7 Å². The third-order valence-electron chi connectivity index (χ3n) is 4.96. The first kappa shape index (κ1) is 36.2. The Balaban J connectivity index is -0.00000102. The zero-order chi connectivity index (χ0) is 22.9. The van der Waals surface area contributed by atoms with Crippen LogP contribution in [0, 0.1) is 0 Å². The Bertz CT molecular complexity index is 1080. The van der Waals surface area contributed by atoms with E-state index in [-0.39, 0.29) is 79.6 Å². The Morgan fingerprint density at radius 3 is 1.79 bits per heavy atom. The van der Waals surface area contributed by atoms with Crippen LogP contribution in [0.4, 0.5) is 0 Å². The van der Waals surface area contributed by atoms with Gasteiger partial charge in [-0.2, -0.15) is 16.8 Å². The van der Waals surface area contributed by atoms with E-state index in [9.17, 15) is 25.9 Å². The van der Waals surface area contributed by atoms with E-state index < -0.39 is 30.0 Å². The maximum absolute atomic E-state index is 12.1. The second-order valence-corrected chi connectivity index (χ2v) is 10.2. The molecule has 5 N–H and O–H groups in total. The fraction of sp³-hybridized carbons (Fsp3) is 0.455. The normalized spacial score (nSPS) is 11.0. The first-order valence-electron chi connectivity index (χ1n) is 10.5. The third kappa shape index (κ3) is 11.8. The van der Waals surface area contributed by atoms with Gasteiger partial charge in [-0.1, -0.05) is 76.1 Å². The Hall–Kier alpha value is 0.0200. The van der Waals surface area contributed by atoms with Crippen molar-refractivity contribution in [1.82, 2.24) is 6.15 Å². The topological polar surface area (TPSA) is 153 Å². The molecule has 0 fully saturated rings. The van der Waals surface area contributed by atoms with Crippen LogP contribution in [0.25, 0.3) is 0 Å². The zero-order valence-electron chi connectivity index (χ0n) is 22.4. The molecule has 8 nitrogen and oxygen atoms in total. The Labute approximate surface area is 250 Å². The van der Waals surface area contributed by atoms with Crippen molar-refractivity contribution in [2.24, 2.45) is 0 Å². The van der Waals surface area contributed by atoms with Crippen LogP contribution in [0.5, 0.6) is 11.5 Å². The van der Waals surface area contributed by atoms with Crippen molar-refractivity contribution in [2.45, 2.75) is 74.5 Å². The number of aryl methyl sites for hydroxylation is 1. The fourth-order valence-electron chi connectivity index (χ4n) is 3.40. The van der Waals surface area contributed by atoms with E-state index >= 15 is 0 Å². The minimum Gasteiger partial charge on any atom is -1.00 e. The average molecular weight is 536 g/mol. The second kappa shape index (κ2) is 17.5. The van der Waals surface area contributed by atoms with Crippen LogP contribution in [0.3, 0.4) is 0 Å². The number of unbranched alkanes of at least 4 members (excludes halogenated alkanes) is 7. The number of ether oxygens (including phenoxy) is 1. The Morgan fingerprint density at radius 2 is 1.29 bits per heavy atom. The van der Waals surface area contributed by atoms with Crippen LogP contribution >= 0.6 is 0 Å². The minimum absolute atomic E-state index is 0. The SMILES string of the molecule is CCCCCCCCCCc1ccc(S(=O)(=O)O)c(S(=O)(=O)O)c1Oc1ccccc1.N.[H-].[H-].[Na+].[Na+]. The predicted molar refractivity (Wildman–Crippen MR) is 126 cm³/mol. The molecule has 0 bridgehead atoms. The van der Waals surface area contributed by atoms with Crippen molar-refractivity contribution < 1.29 is 92.6 Å². The summed E-state index contributed by atoms with van der Waals surface area (Å²) in [4.78, 5) is -1.86. The summed E-state index contributed by atoms with van der Waals surface area (Å²) < 4.78 is 72.6. The zero-order valence-corrected chi connectivity index (χ0v) is 26.0. The van der Waals surface area contributed by atoms with E-state index in [2.05, 4.69) is 6.92 Å². The largest absolute Gasteiger partial charge is 1.00 e. The van der Waals surface area contributed by atoms with Gasteiger partial charge in [0.1, 0.15) is 10.6 Å². The van der Waals surface area contributed by atoms with Gasteiger partial charge in [0, 0.05) is 0 Å². The molecule has 2 rings (SSSR count). The summed E-state index contributed by atoms with van der Waals surface area (Å²) in [7, 11) is -9.91. The number of benzene rings is 2. The van der Waals surface area contributed by atoms with Crippen LogP contribution in [0.2, 0.25) is 0 Å². The standard InChI is InChI=1S/C22H30O7S2.H3N.2Na.2H/c1-2-3-4-5-6-7-8-10-13-18-16-17-20(30(23,24)25)22(31(26,27)28)21(18)29-19-14-11-9-12-15-19;;;;;/h9,11-12,14-17H,2-8,10,13H2,1H3,(H,23,24,25)(H,26,27,28);1H3;;;;/q;;2*+1;2*-1. The molecule has 0 heterocycles. The van der Waals surface area contributed by atoms with Crippen molar-refractivity contribution in [3.8, 4) is 11.5 Å². The average Bonchev–Trinajstić information content (AvgIpc) is 2.69. The molecule has 0 saturated carbocycles. The molecule has 0 aliphatic rings. The molecule has 0 unspecified atom stereocenters. The monoisotopic (exact) mass is 535 g/mol. The van der Waals surface area contributed by atoms with E-state index in [4.69, 9.17) is 4.74 Å². The maximum atomic E-state index is 12.1. The van der Waals surface area contributed by atoms with Crippen molar-refractivity contribution in [3.05, 3.63) is 48.0 Å². The summed E-state index contributed by atoms with van der Waals surface area (Å²) in [5.41, 5.74) is 0.440. The summed E-state index contributed by atoms with van der Waals surface area (Å²) in [5, 5.41) is 0. The summed E-state index contributed by atoms with van der Waals surface area (Å²) >= 11 is 0.